The second-order valence-electron chi connectivity index (χ2n) is 17.1. The lowest BCUT2D eigenvalue weighted by molar-refractivity contribution is 0.660. The fourth-order valence-electron chi connectivity index (χ4n) is 10.4. The summed E-state index contributed by atoms with van der Waals surface area (Å²) in [5.41, 5.74) is 16.8. The third-order valence-electron chi connectivity index (χ3n) is 13.3. The predicted octanol–water partition coefficient (Wildman–Crippen LogP) is 16.9. The van der Waals surface area contributed by atoms with Crippen LogP contribution in [0.3, 0.4) is 0 Å². The third-order valence-corrected chi connectivity index (χ3v) is 15.5. The molecule has 0 saturated heterocycles. The first-order chi connectivity index (χ1) is 31.0. The van der Waals surface area contributed by atoms with Gasteiger partial charge in [-0.15, -0.1) is 0 Å². The first-order valence-electron chi connectivity index (χ1n) is 21.5. The maximum atomic E-state index is 5.10. The van der Waals surface area contributed by atoms with Gasteiger partial charge >= 0.3 is 0 Å². The molecule has 298 valence electrons. The highest BCUT2D eigenvalue weighted by molar-refractivity contribution is 8.00. The van der Waals surface area contributed by atoms with Gasteiger partial charge in [-0.1, -0.05) is 140 Å². The first kappa shape index (κ1) is 36.6. The highest BCUT2D eigenvalue weighted by Gasteiger charge is 2.36. The number of pyridine rings is 1. The van der Waals surface area contributed by atoms with Crippen molar-refractivity contribution in [2.75, 3.05) is 9.80 Å². The summed E-state index contributed by atoms with van der Waals surface area (Å²) in [7, 11) is 0. The van der Waals surface area contributed by atoms with Crippen LogP contribution in [0.5, 0.6) is 0 Å². The van der Waals surface area contributed by atoms with Gasteiger partial charge in [-0.3, -0.25) is 4.98 Å². The Morgan fingerprint density at radius 1 is 0.397 bits per heavy atom. The Balaban J connectivity index is 1.13. The summed E-state index contributed by atoms with van der Waals surface area (Å²) >= 11 is 3.68. The molecule has 0 bridgehead atoms. The van der Waals surface area contributed by atoms with E-state index in [1.165, 1.54) is 97.3 Å². The number of anilines is 6. The summed E-state index contributed by atoms with van der Waals surface area (Å²) < 4.78 is 0. The van der Waals surface area contributed by atoms with E-state index in [0.29, 0.717) is 0 Å². The minimum Gasteiger partial charge on any atom is -0.308 e. The fourth-order valence-corrected chi connectivity index (χ4v) is 12.5. The molecule has 3 nitrogen and oxygen atoms in total. The van der Waals surface area contributed by atoms with Crippen LogP contribution < -0.4 is 9.80 Å². The summed E-state index contributed by atoms with van der Waals surface area (Å²) in [6.45, 7) is 4.75. The fraction of sp³-hybridized carbons (Fsp3) is 0.0517. The monoisotopic (exact) mass is 841 g/mol. The molecule has 3 heterocycles. The Kier molecular flexibility index (Phi) is 8.12. The quantitative estimate of drug-likeness (QED) is 0.164. The highest BCUT2D eigenvalue weighted by atomic mass is 32.2. The molecule has 1 aliphatic carbocycles. The van der Waals surface area contributed by atoms with Crippen LogP contribution in [-0.4, -0.2) is 4.98 Å². The van der Waals surface area contributed by atoms with E-state index in [0.717, 1.165) is 22.6 Å². The summed E-state index contributed by atoms with van der Waals surface area (Å²) in [5, 5.41) is 4.73. The van der Waals surface area contributed by atoms with Gasteiger partial charge in [-0.2, -0.15) is 0 Å². The van der Waals surface area contributed by atoms with Gasteiger partial charge < -0.3 is 9.80 Å². The van der Waals surface area contributed by atoms with Crippen molar-refractivity contribution in [2.24, 2.45) is 0 Å². The topological polar surface area (TPSA) is 19.4 Å². The van der Waals surface area contributed by atoms with E-state index >= 15 is 0 Å². The first-order valence-corrected chi connectivity index (χ1v) is 23.2. The Morgan fingerprint density at radius 2 is 0.873 bits per heavy atom. The number of nitrogens with zero attached hydrogens (tertiary/aromatic N) is 3. The Bertz CT molecular complexity index is 3430. The molecule has 13 rings (SSSR count). The third kappa shape index (κ3) is 5.53. The van der Waals surface area contributed by atoms with Crippen molar-refractivity contribution >= 4 is 79.2 Å². The molecule has 0 radical (unpaired) electrons. The van der Waals surface area contributed by atoms with Gasteiger partial charge in [0.2, 0.25) is 0 Å². The van der Waals surface area contributed by atoms with E-state index in [4.69, 9.17) is 4.98 Å². The lowest BCUT2D eigenvalue weighted by Crippen LogP contribution is -2.15. The van der Waals surface area contributed by atoms with Crippen LogP contribution in [-0.2, 0) is 5.41 Å². The molecule has 0 unspecified atom stereocenters. The number of aromatic nitrogens is 1. The second kappa shape index (κ2) is 14.0. The van der Waals surface area contributed by atoms with E-state index in [2.05, 4.69) is 212 Å². The molecule has 0 amide bonds. The minimum absolute atomic E-state index is 0.147. The molecule has 5 heteroatoms. The molecule has 0 fully saturated rings. The zero-order valence-electron chi connectivity index (χ0n) is 34.7. The van der Waals surface area contributed by atoms with Gasteiger partial charge in [-0.05, 0) is 146 Å². The lowest BCUT2D eigenvalue weighted by atomic mass is 9.80. The number of fused-ring (bicyclic) bond motifs is 9. The van der Waals surface area contributed by atoms with Crippen LogP contribution in [0.15, 0.2) is 220 Å². The Labute approximate surface area is 375 Å². The zero-order chi connectivity index (χ0) is 41.8. The van der Waals surface area contributed by atoms with Gasteiger partial charge in [0.25, 0.3) is 0 Å². The van der Waals surface area contributed by atoms with Crippen LogP contribution in [0.2, 0.25) is 0 Å². The van der Waals surface area contributed by atoms with Crippen molar-refractivity contribution in [3.05, 3.63) is 211 Å². The van der Waals surface area contributed by atoms with Gasteiger partial charge in [0, 0.05) is 48.1 Å². The molecule has 0 N–H and O–H groups in total. The molecule has 9 aromatic carbocycles. The van der Waals surface area contributed by atoms with E-state index in [9.17, 15) is 0 Å². The SMILES string of the molecule is CC1(C)c2ccccc2-c2ccc(-c3c4cc(N5c6ccccc6Sc6ccccc65)ccc4c(-c4ccccn4)c4cc(N5c6ccccc6Sc6ccccc65)ccc34)cc21. The zero-order valence-corrected chi connectivity index (χ0v) is 36.3. The van der Waals surface area contributed by atoms with E-state index < -0.39 is 0 Å². The van der Waals surface area contributed by atoms with Crippen molar-refractivity contribution < 1.29 is 0 Å². The van der Waals surface area contributed by atoms with Crippen molar-refractivity contribution in [1.29, 1.82) is 0 Å². The van der Waals surface area contributed by atoms with Crippen molar-refractivity contribution in [1.82, 2.24) is 4.98 Å². The summed E-state index contributed by atoms with van der Waals surface area (Å²) in [6.07, 6.45) is 1.92. The van der Waals surface area contributed by atoms with Crippen molar-refractivity contribution in [2.45, 2.75) is 38.8 Å². The van der Waals surface area contributed by atoms with Gasteiger partial charge in [0.15, 0.2) is 0 Å². The number of hydrogen-bond acceptors (Lipinski definition) is 5. The van der Waals surface area contributed by atoms with Crippen LogP contribution in [0, 0.1) is 0 Å². The molecule has 2 aliphatic heterocycles. The van der Waals surface area contributed by atoms with E-state index in [1.54, 1.807) is 0 Å². The predicted molar refractivity (Wildman–Crippen MR) is 265 cm³/mol. The summed E-state index contributed by atoms with van der Waals surface area (Å²) in [6, 6.07) is 71.8. The summed E-state index contributed by atoms with van der Waals surface area (Å²) in [5.74, 6) is 0. The average Bonchev–Trinajstić information content (AvgIpc) is 3.56. The molecule has 10 aromatic rings. The van der Waals surface area contributed by atoms with E-state index in [-0.39, 0.29) is 5.41 Å². The van der Waals surface area contributed by atoms with Crippen LogP contribution >= 0.6 is 23.5 Å². The number of benzene rings is 9. The lowest BCUT2D eigenvalue weighted by Gasteiger charge is -2.33. The maximum absolute atomic E-state index is 5.10. The van der Waals surface area contributed by atoms with Gasteiger partial charge in [0.1, 0.15) is 0 Å². The van der Waals surface area contributed by atoms with Crippen molar-refractivity contribution in [3.8, 4) is 33.5 Å². The summed E-state index contributed by atoms with van der Waals surface area (Å²) in [4.78, 5) is 15.0. The molecule has 0 spiro atoms. The van der Waals surface area contributed by atoms with Crippen LogP contribution in [0.1, 0.15) is 25.0 Å². The molecule has 0 saturated carbocycles. The Morgan fingerprint density at radius 3 is 1.43 bits per heavy atom. The molecule has 0 atom stereocenters. The normalized spacial score (nSPS) is 14.1. The van der Waals surface area contributed by atoms with E-state index in [1.807, 2.05) is 35.8 Å². The minimum atomic E-state index is -0.147. The molecule has 63 heavy (non-hydrogen) atoms. The average molecular weight is 842 g/mol. The van der Waals surface area contributed by atoms with Gasteiger partial charge in [-0.25, -0.2) is 0 Å². The van der Waals surface area contributed by atoms with Crippen molar-refractivity contribution in [3.63, 3.8) is 0 Å². The highest BCUT2D eigenvalue weighted by Crippen LogP contribution is 2.56. The molecule has 3 aliphatic rings. The van der Waals surface area contributed by atoms with Crippen LogP contribution in [0.25, 0.3) is 55.1 Å². The smallest absolute Gasteiger partial charge is 0.0714 e. The molecule has 1 aromatic heterocycles. The maximum Gasteiger partial charge on any atom is 0.0714 e. The number of rotatable bonds is 4. The van der Waals surface area contributed by atoms with Gasteiger partial charge in [0.05, 0.1) is 28.4 Å². The molecular weight excluding hydrogens is 803 g/mol. The second-order valence-corrected chi connectivity index (χ2v) is 19.3. The number of para-hydroxylation sites is 4. The Hall–Kier alpha value is -7.05. The number of hydrogen-bond donors (Lipinski definition) is 0. The standard InChI is InChI=1S/C58H39N3S2/c1-58(2)45-16-4-3-15-39(45)40-29-26-36(33-46(40)58)56-41-30-27-38(61-50-20-7-11-24-54(50)63-55-25-12-8-21-51(55)61)35-44(41)57(47-17-13-14-32-59-47)42-31-28-37(34-43(42)56)60-48-18-5-9-22-52(48)62-53-23-10-6-19-49(53)60/h3-35H,1-2H3. The van der Waals surface area contributed by atoms with Crippen LogP contribution in [0.4, 0.5) is 34.1 Å². The largest absolute Gasteiger partial charge is 0.308 e. The molecular formula is C58H39N3S2.